The van der Waals surface area contributed by atoms with Gasteiger partial charge in [-0.05, 0) is 63.2 Å². The summed E-state index contributed by atoms with van der Waals surface area (Å²) in [7, 11) is -1.32. The molecule has 5 aromatic carbocycles. The molecule has 3 nitrogen and oxygen atoms in total. The van der Waals surface area contributed by atoms with Gasteiger partial charge in [0.05, 0.1) is 13.7 Å². The van der Waals surface area contributed by atoms with Crippen LogP contribution in [0.5, 0.6) is 0 Å². The van der Waals surface area contributed by atoms with Crippen molar-refractivity contribution in [1.29, 1.82) is 0 Å². The van der Waals surface area contributed by atoms with Crippen molar-refractivity contribution in [1.82, 2.24) is 9.97 Å². The number of fused-ring (bicyclic) bond motifs is 3. The molecule has 0 saturated heterocycles. The van der Waals surface area contributed by atoms with Gasteiger partial charge in [-0.2, -0.15) is 0 Å². The topological polar surface area (TPSA) is 38.9 Å². The van der Waals surface area contributed by atoms with Gasteiger partial charge in [0.1, 0.15) is 5.58 Å². The average molecular weight is 927 g/mol. The number of hydrogen-bond donors (Lipinski definition) is 0. The molecule has 0 amide bonds. The SMILES string of the molecule is CC(C)(C)c1ccnc(-c2[c-]ccc3c2oc2cc(-c4ccccc4)ccc23)c1.CC(C)Cc1cc(-c2ccc([Si](C)(C)C)cn2)[c-]cc1-c1ccccc1.[Ir]. The van der Waals surface area contributed by atoms with Gasteiger partial charge in [0.25, 0.3) is 0 Å². The third-order valence-electron chi connectivity index (χ3n) is 10.1. The van der Waals surface area contributed by atoms with Crippen LogP contribution >= 0.6 is 0 Å². The van der Waals surface area contributed by atoms with Gasteiger partial charge in [-0.3, -0.25) is 0 Å². The Morgan fingerprint density at radius 1 is 0.696 bits per heavy atom. The Morgan fingerprint density at radius 2 is 1.41 bits per heavy atom. The van der Waals surface area contributed by atoms with E-state index in [2.05, 4.69) is 193 Å². The number of benzene rings is 5. The van der Waals surface area contributed by atoms with E-state index in [4.69, 9.17) is 9.40 Å². The van der Waals surface area contributed by atoms with Crippen LogP contribution in [0.1, 0.15) is 45.7 Å². The zero-order valence-corrected chi connectivity index (χ0v) is 37.1. The minimum atomic E-state index is -1.32. The molecule has 3 heterocycles. The Kier molecular flexibility index (Phi) is 12.4. The summed E-state index contributed by atoms with van der Waals surface area (Å²) in [5.74, 6) is 0.606. The summed E-state index contributed by atoms with van der Waals surface area (Å²) in [4.78, 5) is 9.36. The molecule has 3 aromatic heterocycles. The van der Waals surface area contributed by atoms with Crippen LogP contribution < -0.4 is 5.19 Å². The molecule has 0 aliphatic rings. The molecule has 285 valence electrons. The largest absolute Gasteiger partial charge is 0.501 e. The van der Waals surface area contributed by atoms with Crippen LogP contribution in [-0.4, -0.2) is 18.0 Å². The molecule has 8 aromatic rings. The predicted octanol–water partition coefficient (Wildman–Crippen LogP) is 13.4. The molecular formula is C51H50IrN2OSi-2. The van der Waals surface area contributed by atoms with E-state index in [0.717, 1.165) is 56.4 Å². The maximum atomic E-state index is 6.35. The van der Waals surface area contributed by atoms with E-state index in [1.54, 1.807) is 0 Å². The van der Waals surface area contributed by atoms with Crippen molar-refractivity contribution in [2.75, 3.05) is 0 Å². The quantitative estimate of drug-likeness (QED) is 0.118. The summed E-state index contributed by atoms with van der Waals surface area (Å²) in [6.07, 6.45) is 4.99. The molecule has 0 unspecified atom stereocenters. The standard InChI is InChI=1S/C27H22NO.C24H28NSi.Ir/c1-27(2,3)20-14-15-28-24(17-20)23-11-7-10-22-21-13-12-19(16-25(21)29-26(22)23)18-8-5-4-6-9-18;1-18(2)15-21-16-20(11-13-23(21)19-9-7-6-8-10-19)24-14-12-22(17-25-24)26(3,4)5;/h4-10,12-17H,1-3H3;6-10,12-14,16-18H,15H2,1-5H3;/q2*-1;. The Labute approximate surface area is 347 Å². The predicted molar refractivity (Wildman–Crippen MR) is 235 cm³/mol. The molecule has 0 fully saturated rings. The Bertz CT molecular complexity index is 2550. The first-order chi connectivity index (χ1) is 26.3. The van der Waals surface area contributed by atoms with E-state index >= 15 is 0 Å². The van der Waals surface area contributed by atoms with Crippen LogP contribution in [0.2, 0.25) is 19.6 Å². The van der Waals surface area contributed by atoms with Crippen LogP contribution in [0.4, 0.5) is 0 Å². The number of nitrogens with zero attached hydrogens (tertiary/aromatic N) is 2. The molecule has 0 bridgehead atoms. The van der Waals surface area contributed by atoms with Crippen LogP contribution in [0, 0.1) is 18.1 Å². The normalized spacial score (nSPS) is 11.7. The molecule has 5 heteroatoms. The summed E-state index contributed by atoms with van der Waals surface area (Å²) in [5.41, 5.74) is 13.2. The van der Waals surface area contributed by atoms with Gasteiger partial charge in [-0.1, -0.05) is 167 Å². The second-order valence-corrected chi connectivity index (χ2v) is 22.0. The fourth-order valence-electron chi connectivity index (χ4n) is 6.95. The van der Waals surface area contributed by atoms with E-state index < -0.39 is 8.07 Å². The Balaban J connectivity index is 0.000000188. The van der Waals surface area contributed by atoms with Crippen molar-refractivity contribution >= 4 is 35.2 Å². The third-order valence-corrected chi connectivity index (χ3v) is 12.1. The van der Waals surface area contributed by atoms with Gasteiger partial charge in [0, 0.05) is 37.9 Å². The van der Waals surface area contributed by atoms with Crippen molar-refractivity contribution in [3.63, 3.8) is 0 Å². The molecular weight excluding hydrogens is 877 g/mol. The van der Waals surface area contributed by atoms with E-state index in [-0.39, 0.29) is 25.5 Å². The molecule has 0 N–H and O–H groups in total. The van der Waals surface area contributed by atoms with E-state index in [1.165, 1.54) is 33.0 Å². The maximum Gasteiger partial charge on any atom is 0.121 e. The molecule has 56 heavy (non-hydrogen) atoms. The van der Waals surface area contributed by atoms with Crippen molar-refractivity contribution < 1.29 is 24.5 Å². The van der Waals surface area contributed by atoms with Gasteiger partial charge in [-0.25, -0.2) is 0 Å². The molecule has 0 aliphatic heterocycles. The Morgan fingerprint density at radius 3 is 2.05 bits per heavy atom. The second kappa shape index (κ2) is 17.1. The van der Waals surface area contributed by atoms with Crippen molar-refractivity contribution in [3.05, 3.63) is 163 Å². The van der Waals surface area contributed by atoms with E-state index in [9.17, 15) is 0 Å². The second-order valence-electron chi connectivity index (χ2n) is 16.9. The zero-order valence-electron chi connectivity index (χ0n) is 33.7. The van der Waals surface area contributed by atoms with Gasteiger partial charge in [0.15, 0.2) is 0 Å². The summed E-state index contributed by atoms with van der Waals surface area (Å²) in [6, 6.07) is 51.3. The number of aromatic nitrogens is 2. The van der Waals surface area contributed by atoms with Crippen molar-refractivity contribution in [3.8, 4) is 44.8 Å². The first-order valence-corrected chi connectivity index (χ1v) is 22.8. The number of rotatable bonds is 7. The zero-order chi connectivity index (χ0) is 38.7. The summed E-state index contributed by atoms with van der Waals surface area (Å²) in [6.45, 7) is 18.2. The molecule has 0 saturated carbocycles. The smallest absolute Gasteiger partial charge is 0.121 e. The van der Waals surface area contributed by atoms with Gasteiger partial charge in [0.2, 0.25) is 0 Å². The molecule has 1 radical (unpaired) electrons. The maximum absolute atomic E-state index is 6.35. The van der Waals surface area contributed by atoms with Gasteiger partial charge < -0.3 is 14.4 Å². The summed E-state index contributed by atoms with van der Waals surface area (Å²) < 4.78 is 6.35. The molecule has 0 aliphatic carbocycles. The first-order valence-electron chi connectivity index (χ1n) is 19.3. The summed E-state index contributed by atoms with van der Waals surface area (Å²) >= 11 is 0. The van der Waals surface area contributed by atoms with E-state index in [1.807, 2.05) is 18.3 Å². The summed E-state index contributed by atoms with van der Waals surface area (Å²) in [5, 5.41) is 3.60. The molecule has 8 rings (SSSR count). The number of furan rings is 1. The van der Waals surface area contributed by atoms with Crippen LogP contribution in [0.25, 0.3) is 66.7 Å². The molecule has 0 spiro atoms. The number of pyridine rings is 2. The van der Waals surface area contributed by atoms with Crippen molar-refractivity contribution in [2.45, 2.75) is 66.1 Å². The van der Waals surface area contributed by atoms with E-state index in [0.29, 0.717) is 5.92 Å². The minimum Gasteiger partial charge on any atom is -0.501 e. The van der Waals surface area contributed by atoms with Crippen LogP contribution in [-0.2, 0) is 31.9 Å². The monoisotopic (exact) mass is 927 g/mol. The third kappa shape index (κ3) is 9.19. The fraction of sp³-hybridized carbons (Fsp3) is 0.216. The fourth-order valence-corrected chi connectivity index (χ4v) is 7.99. The van der Waals surface area contributed by atoms with Crippen LogP contribution in [0.3, 0.4) is 0 Å². The van der Waals surface area contributed by atoms with Crippen molar-refractivity contribution in [2.24, 2.45) is 5.92 Å². The molecule has 0 atom stereocenters. The first kappa shape index (κ1) is 40.7. The van der Waals surface area contributed by atoms with Gasteiger partial charge in [-0.15, -0.1) is 47.5 Å². The Hall–Kier alpha value is -4.93. The van der Waals surface area contributed by atoms with Crippen LogP contribution in [0.15, 0.2) is 144 Å². The minimum absolute atomic E-state index is 0. The van der Waals surface area contributed by atoms with Gasteiger partial charge >= 0.3 is 0 Å². The average Bonchev–Trinajstić information content (AvgIpc) is 3.56. The number of hydrogen-bond acceptors (Lipinski definition) is 3.